The van der Waals surface area contributed by atoms with E-state index in [4.69, 9.17) is 10.4 Å². The van der Waals surface area contributed by atoms with Crippen molar-refractivity contribution in [3.63, 3.8) is 0 Å². The zero-order valence-corrected chi connectivity index (χ0v) is 9.80. The first kappa shape index (κ1) is 13.5. The highest BCUT2D eigenvalue weighted by atomic mass is 16.4. The molecule has 1 unspecified atom stereocenters. The number of aliphatic carboxylic acids is 1. The number of nitrogens with one attached hydrogen (secondary N) is 2. The minimum atomic E-state index is -0.971. The number of amides is 2. The fraction of sp³-hybridized carbons (Fsp3) is 0.250. The predicted molar refractivity (Wildman–Crippen MR) is 65.0 cm³/mol. The van der Waals surface area contributed by atoms with Crippen LogP contribution in [0.5, 0.6) is 0 Å². The summed E-state index contributed by atoms with van der Waals surface area (Å²) in [4.78, 5) is 21.9. The zero-order chi connectivity index (χ0) is 13.5. The summed E-state index contributed by atoms with van der Waals surface area (Å²) in [5, 5.41) is 22.2. The quantitative estimate of drug-likeness (QED) is 0.750. The van der Waals surface area contributed by atoms with Crippen LogP contribution in [0.4, 0.5) is 10.5 Å². The maximum absolute atomic E-state index is 11.5. The fourth-order valence-corrected chi connectivity index (χ4v) is 1.33. The van der Waals surface area contributed by atoms with Gasteiger partial charge in [-0.25, -0.2) is 4.79 Å². The van der Waals surface area contributed by atoms with Gasteiger partial charge in [0.2, 0.25) is 0 Å². The van der Waals surface area contributed by atoms with Crippen LogP contribution in [0, 0.1) is 11.3 Å². The second-order valence-corrected chi connectivity index (χ2v) is 3.79. The van der Waals surface area contributed by atoms with Crippen molar-refractivity contribution in [3.05, 3.63) is 29.8 Å². The van der Waals surface area contributed by atoms with Crippen LogP contribution >= 0.6 is 0 Å². The van der Waals surface area contributed by atoms with Crippen molar-refractivity contribution >= 4 is 17.7 Å². The Labute approximate surface area is 104 Å². The van der Waals surface area contributed by atoms with E-state index in [9.17, 15) is 9.59 Å². The maximum Gasteiger partial charge on any atom is 0.319 e. The summed E-state index contributed by atoms with van der Waals surface area (Å²) in [7, 11) is 0. The number of rotatable bonds is 4. The van der Waals surface area contributed by atoms with Crippen LogP contribution < -0.4 is 10.6 Å². The maximum atomic E-state index is 11.5. The molecule has 2 amide bonds. The lowest BCUT2D eigenvalue weighted by Gasteiger charge is -2.12. The minimum Gasteiger partial charge on any atom is -0.481 e. The Balaban J connectivity index is 2.49. The van der Waals surface area contributed by atoms with E-state index in [0.29, 0.717) is 11.3 Å². The molecular formula is C12H13N3O3. The third-order valence-corrected chi connectivity index (χ3v) is 2.13. The molecular weight excluding hydrogens is 234 g/mol. The lowest BCUT2D eigenvalue weighted by Crippen LogP contribution is -2.37. The van der Waals surface area contributed by atoms with Gasteiger partial charge in [-0.1, -0.05) is 0 Å². The van der Waals surface area contributed by atoms with E-state index >= 15 is 0 Å². The summed E-state index contributed by atoms with van der Waals surface area (Å²) in [6, 6.07) is 7.39. The van der Waals surface area contributed by atoms with E-state index in [0.717, 1.165) is 0 Å². The minimum absolute atomic E-state index is 0.138. The molecule has 1 rings (SSSR count). The average Bonchev–Trinajstić information content (AvgIpc) is 2.28. The van der Waals surface area contributed by atoms with Crippen molar-refractivity contribution in [1.82, 2.24) is 5.32 Å². The molecule has 94 valence electrons. The number of benzene rings is 1. The summed E-state index contributed by atoms with van der Waals surface area (Å²) < 4.78 is 0. The van der Waals surface area contributed by atoms with E-state index in [1.54, 1.807) is 31.2 Å². The smallest absolute Gasteiger partial charge is 0.319 e. The SMILES string of the molecule is CC(CC(=O)O)NC(=O)Nc1ccc(C#N)cc1. The number of hydrogen-bond donors (Lipinski definition) is 3. The van der Waals surface area contributed by atoms with E-state index in [1.165, 1.54) is 0 Å². The lowest BCUT2D eigenvalue weighted by molar-refractivity contribution is -0.137. The normalized spacial score (nSPS) is 11.1. The van der Waals surface area contributed by atoms with E-state index in [-0.39, 0.29) is 6.42 Å². The van der Waals surface area contributed by atoms with Crippen LogP contribution in [0.3, 0.4) is 0 Å². The summed E-state index contributed by atoms with van der Waals surface area (Å²) in [6.07, 6.45) is -0.138. The molecule has 1 aromatic rings. The third-order valence-electron chi connectivity index (χ3n) is 2.13. The third kappa shape index (κ3) is 4.53. The van der Waals surface area contributed by atoms with E-state index in [2.05, 4.69) is 10.6 Å². The summed E-state index contributed by atoms with van der Waals surface area (Å²) in [5.41, 5.74) is 1.04. The second-order valence-electron chi connectivity index (χ2n) is 3.79. The highest BCUT2D eigenvalue weighted by Gasteiger charge is 2.10. The van der Waals surface area contributed by atoms with Gasteiger partial charge in [0.1, 0.15) is 0 Å². The summed E-state index contributed by atoms with van der Waals surface area (Å²) in [6.45, 7) is 1.60. The molecule has 0 spiro atoms. The Morgan fingerprint density at radius 2 is 2.00 bits per heavy atom. The van der Waals surface area contributed by atoms with E-state index < -0.39 is 18.0 Å². The first-order chi connectivity index (χ1) is 8.51. The summed E-state index contributed by atoms with van der Waals surface area (Å²) in [5.74, 6) is -0.971. The highest BCUT2D eigenvalue weighted by molar-refractivity contribution is 5.89. The van der Waals surface area contributed by atoms with Gasteiger partial charge in [-0.3, -0.25) is 4.79 Å². The number of carboxylic acids is 1. The molecule has 18 heavy (non-hydrogen) atoms. The van der Waals surface area contributed by atoms with Gasteiger partial charge >= 0.3 is 12.0 Å². The highest BCUT2D eigenvalue weighted by Crippen LogP contribution is 2.08. The molecule has 6 nitrogen and oxygen atoms in total. The van der Waals surface area contributed by atoms with Gasteiger partial charge in [0, 0.05) is 11.7 Å². The molecule has 0 saturated carbocycles. The standard InChI is InChI=1S/C12H13N3O3/c1-8(6-11(16)17)14-12(18)15-10-4-2-9(7-13)3-5-10/h2-5,8H,6H2,1H3,(H,16,17)(H2,14,15,18). The van der Waals surface area contributed by atoms with Crippen LogP contribution in [0.1, 0.15) is 18.9 Å². The first-order valence-corrected chi connectivity index (χ1v) is 5.30. The van der Waals surface area contributed by atoms with Crippen molar-refractivity contribution in [2.75, 3.05) is 5.32 Å². The number of nitriles is 1. The zero-order valence-electron chi connectivity index (χ0n) is 9.80. The van der Waals surface area contributed by atoms with Gasteiger partial charge in [0.05, 0.1) is 18.1 Å². The van der Waals surface area contributed by atoms with Crippen LogP contribution in [0.2, 0.25) is 0 Å². The van der Waals surface area contributed by atoms with Crippen LogP contribution in [-0.2, 0) is 4.79 Å². The molecule has 0 aliphatic carbocycles. The largest absolute Gasteiger partial charge is 0.481 e. The number of nitrogens with zero attached hydrogens (tertiary/aromatic N) is 1. The average molecular weight is 247 g/mol. The number of urea groups is 1. The topological polar surface area (TPSA) is 102 Å². The van der Waals surface area contributed by atoms with Crippen molar-refractivity contribution in [2.24, 2.45) is 0 Å². The Hall–Kier alpha value is -2.55. The van der Waals surface area contributed by atoms with Gasteiger partial charge < -0.3 is 15.7 Å². The molecule has 0 heterocycles. The molecule has 0 bridgehead atoms. The van der Waals surface area contributed by atoms with Gasteiger partial charge in [-0.2, -0.15) is 5.26 Å². The number of carbonyl (C=O) groups excluding carboxylic acids is 1. The van der Waals surface area contributed by atoms with Gasteiger partial charge in [-0.05, 0) is 31.2 Å². The molecule has 0 aliphatic rings. The molecule has 0 radical (unpaired) electrons. The monoisotopic (exact) mass is 247 g/mol. The number of anilines is 1. The molecule has 0 aliphatic heterocycles. The van der Waals surface area contributed by atoms with Crippen molar-refractivity contribution in [3.8, 4) is 6.07 Å². The molecule has 6 heteroatoms. The Morgan fingerprint density at radius 1 is 1.39 bits per heavy atom. The van der Waals surface area contributed by atoms with Gasteiger partial charge in [-0.15, -0.1) is 0 Å². The molecule has 3 N–H and O–H groups in total. The Bertz CT molecular complexity index is 476. The number of hydrogen-bond acceptors (Lipinski definition) is 3. The van der Waals surface area contributed by atoms with Crippen molar-refractivity contribution in [1.29, 1.82) is 5.26 Å². The molecule has 0 fully saturated rings. The summed E-state index contributed by atoms with van der Waals surface area (Å²) >= 11 is 0. The van der Waals surface area contributed by atoms with Crippen molar-refractivity contribution in [2.45, 2.75) is 19.4 Å². The molecule has 0 aromatic heterocycles. The fourth-order valence-electron chi connectivity index (χ4n) is 1.33. The Morgan fingerprint density at radius 3 is 2.50 bits per heavy atom. The number of carboxylic acid groups (broad SMARTS) is 1. The second kappa shape index (κ2) is 6.25. The van der Waals surface area contributed by atoms with Crippen LogP contribution in [0.25, 0.3) is 0 Å². The molecule has 1 atom stereocenters. The predicted octanol–water partition coefficient (Wildman–Crippen LogP) is 1.54. The number of carbonyl (C=O) groups is 2. The Kier molecular flexibility index (Phi) is 4.69. The van der Waals surface area contributed by atoms with Gasteiger partial charge in [0.15, 0.2) is 0 Å². The first-order valence-electron chi connectivity index (χ1n) is 5.30. The van der Waals surface area contributed by atoms with Gasteiger partial charge in [0.25, 0.3) is 0 Å². The molecule has 0 saturated heterocycles. The molecule has 1 aromatic carbocycles. The van der Waals surface area contributed by atoms with Crippen molar-refractivity contribution < 1.29 is 14.7 Å². The lowest BCUT2D eigenvalue weighted by atomic mass is 10.2. The van der Waals surface area contributed by atoms with Crippen LogP contribution in [-0.4, -0.2) is 23.1 Å². The van der Waals surface area contributed by atoms with Crippen LogP contribution in [0.15, 0.2) is 24.3 Å². The van der Waals surface area contributed by atoms with E-state index in [1.807, 2.05) is 6.07 Å².